The van der Waals surface area contributed by atoms with E-state index in [0.29, 0.717) is 5.56 Å². The summed E-state index contributed by atoms with van der Waals surface area (Å²) in [7, 11) is 0. The number of nitrogens with zero attached hydrogens (tertiary/aromatic N) is 2. The highest BCUT2D eigenvalue weighted by Gasteiger charge is 2.29. The minimum atomic E-state index is -0.00990. The third-order valence-corrected chi connectivity index (χ3v) is 3.10. The van der Waals surface area contributed by atoms with Crippen LogP contribution in [0.1, 0.15) is 29.9 Å². The van der Waals surface area contributed by atoms with Crippen LogP contribution in [-0.4, -0.2) is 41.0 Å². The Morgan fingerprint density at radius 2 is 2.29 bits per heavy atom. The molecule has 1 aliphatic rings. The van der Waals surface area contributed by atoms with Crippen LogP contribution in [0, 0.1) is 6.92 Å². The monoisotopic (exact) mass is 233 g/mol. The van der Waals surface area contributed by atoms with Crippen molar-refractivity contribution in [2.75, 3.05) is 19.6 Å². The van der Waals surface area contributed by atoms with Crippen molar-refractivity contribution in [2.24, 2.45) is 0 Å². The molecule has 0 spiro atoms. The van der Waals surface area contributed by atoms with Crippen LogP contribution in [0.15, 0.2) is 18.3 Å². The molecule has 0 aromatic carbocycles. The standard InChI is InChI=1S/C13H19N3O/c1-10-11(5-4-6-14-10)12(17)16-8-7-15-13(2,3)9-16/h4-6,15H,7-9H2,1-3H3. The Hall–Kier alpha value is -1.42. The summed E-state index contributed by atoms with van der Waals surface area (Å²) in [5, 5.41) is 3.40. The summed E-state index contributed by atoms with van der Waals surface area (Å²) in [6.45, 7) is 8.44. The van der Waals surface area contributed by atoms with Crippen LogP contribution in [0.4, 0.5) is 0 Å². The van der Waals surface area contributed by atoms with Gasteiger partial charge in [-0.1, -0.05) is 0 Å². The number of aryl methyl sites for hydroxylation is 1. The zero-order valence-electron chi connectivity index (χ0n) is 10.7. The topological polar surface area (TPSA) is 45.2 Å². The normalized spacial score (nSPS) is 19.1. The molecule has 0 atom stereocenters. The van der Waals surface area contributed by atoms with Gasteiger partial charge in [0.1, 0.15) is 0 Å². The van der Waals surface area contributed by atoms with Gasteiger partial charge < -0.3 is 10.2 Å². The van der Waals surface area contributed by atoms with Crippen molar-refractivity contribution in [1.29, 1.82) is 0 Å². The van der Waals surface area contributed by atoms with Gasteiger partial charge in [0.25, 0.3) is 5.91 Å². The smallest absolute Gasteiger partial charge is 0.255 e. The number of amides is 1. The molecule has 1 fully saturated rings. The average molecular weight is 233 g/mol. The maximum atomic E-state index is 12.4. The highest BCUT2D eigenvalue weighted by atomic mass is 16.2. The van der Waals surface area contributed by atoms with E-state index in [2.05, 4.69) is 24.1 Å². The van der Waals surface area contributed by atoms with Crippen LogP contribution in [0.25, 0.3) is 0 Å². The lowest BCUT2D eigenvalue weighted by molar-refractivity contribution is 0.0651. The van der Waals surface area contributed by atoms with Gasteiger partial charge in [0, 0.05) is 37.1 Å². The molecule has 1 saturated heterocycles. The molecule has 4 nitrogen and oxygen atoms in total. The number of nitrogens with one attached hydrogen (secondary N) is 1. The summed E-state index contributed by atoms with van der Waals surface area (Å²) in [6, 6.07) is 3.66. The Morgan fingerprint density at radius 3 is 2.94 bits per heavy atom. The van der Waals surface area contributed by atoms with Crippen molar-refractivity contribution in [3.63, 3.8) is 0 Å². The van der Waals surface area contributed by atoms with E-state index in [1.165, 1.54) is 0 Å². The number of carbonyl (C=O) groups is 1. The molecule has 0 aliphatic carbocycles. The molecule has 0 unspecified atom stereocenters. The van der Waals surface area contributed by atoms with Gasteiger partial charge >= 0.3 is 0 Å². The minimum Gasteiger partial charge on any atom is -0.335 e. The number of carbonyl (C=O) groups excluding carboxylic acids is 1. The van der Waals surface area contributed by atoms with Gasteiger partial charge in [-0.3, -0.25) is 9.78 Å². The quantitative estimate of drug-likeness (QED) is 0.793. The number of piperazine rings is 1. The van der Waals surface area contributed by atoms with Gasteiger partial charge in [0.15, 0.2) is 0 Å². The van der Waals surface area contributed by atoms with E-state index < -0.39 is 0 Å². The molecule has 1 aliphatic heterocycles. The maximum absolute atomic E-state index is 12.4. The fourth-order valence-corrected chi connectivity index (χ4v) is 2.20. The molecule has 0 radical (unpaired) electrons. The summed E-state index contributed by atoms with van der Waals surface area (Å²) in [5.74, 6) is 0.0881. The van der Waals surface area contributed by atoms with Gasteiger partial charge in [0.05, 0.1) is 5.56 Å². The molecular formula is C13H19N3O. The second kappa shape index (κ2) is 4.45. The molecule has 1 amide bonds. The van der Waals surface area contributed by atoms with Crippen molar-refractivity contribution in [3.8, 4) is 0 Å². The van der Waals surface area contributed by atoms with Gasteiger partial charge in [-0.05, 0) is 32.9 Å². The molecule has 0 bridgehead atoms. The SMILES string of the molecule is Cc1ncccc1C(=O)N1CCNC(C)(C)C1. The number of rotatable bonds is 1. The van der Waals surface area contributed by atoms with Crippen molar-refractivity contribution in [3.05, 3.63) is 29.6 Å². The lowest BCUT2D eigenvalue weighted by Gasteiger charge is -2.39. The first-order valence-corrected chi connectivity index (χ1v) is 5.95. The number of pyridine rings is 1. The van der Waals surface area contributed by atoms with E-state index in [1.54, 1.807) is 6.20 Å². The molecular weight excluding hydrogens is 214 g/mol. The second-order valence-corrected chi connectivity index (χ2v) is 5.17. The Bertz CT molecular complexity index is 428. The Kier molecular flexibility index (Phi) is 3.15. The summed E-state index contributed by atoms with van der Waals surface area (Å²) >= 11 is 0. The van der Waals surface area contributed by atoms with E-state index in [4.69, 9.17) is 0 Å². The van der Waals surface area contributed by atoms with Crippen LogP contribution in [-0.2, 0) is 0 Å². The zero-order valence-corrected chi connectivity index (χ0v) is 10.7. The summed E-state index contributed by atoms with van der Waals surface area (Å²) in [6.07, 6.45) is 1.72. The molecule has 2 rings (SSSR count). The van der Waals surface area contributed by atoms with E-state index in [0.717, 1.165) is 25.3 Å². The molecule has 1 aromatic heterocycles. The van der Waals surface area contributed by atoms with Gasteiger partial charge in [-0.2, -0.15) is 0 Å². The third kappa shape index (κ3) is 2.64. The van der Waals surface area contributed by atoms with E-state index in [-0.39, 0.29) is 11.4 Å². The average Bonchev–Trinajstić information content (AvgIpc) is 2.27. The predicted octanol–water partition coefficient (Wildman–Crippen LogP) is 1.21. The molecule has 92 valence electrons. The van der Waals surface area contributed by atoms with Gasteiger partial charge in [-0.15, -0.1) is 0 Å². The first-order valence-electron chi connectivity index (χ1n) is 5.95. The summed E-state index contributed by atoms with van der Waals surface area (Å²) in [5.41, 5.74) is 1.50. The molecule has 0 saturated carbocycles. The lowest BCUT2D eigenvalue weighted by atomic mass is 10.0. The van der Waals surface area contributed by atoms with Crippen LogP contribution in [0.5, 0.6) is 0 Å². The van der Waals surface area contributed by atoms with Crippen molar-refractivity contribution in [1.82, 2.24) is 15.2 Å². The van der Waals surface area contributed by atoms with Crippen molar-refractivity contribution >= 4 is 5.91 Å². The van der Waals surface area contributed by atoms with E-state index in [9.17, 15) is 4.79 Å². The van der Waals surface area contributed by atoms with Gasteiger partial charge in [-0.25, -0.2) is 0 Å². The highest BCUT2D eigenvalue weighted by Crippen LogP contribution is 2.14. The van der Waals surface area contributed by atoms with E-state index >= 15 is 0 Å². The molecule has 1 aromatic rings. The first kappa shape index (κ1) is 12.0. The lowest BCUT2D eigenvalue weighted by Crippen LogP contribution is -2.58. The fourth-order valence-electron chi connectivity index (χ4n) is 2.20. The van der Waals surface area contributed by atoms with Crippen LogP contribution in [0.2, 0.25) is 0 Å². The van der Waals surface area contributed by atoms with Crippen molar-refractivity contribution < 1.29 is 4.79 Å². The van der Waals surface area contributed by atoms with E-state index in [1.807, 2.05) is 24.0 Å². The number of hydrogen-bond donors (Lipinski definition) is 1. The zero-order chi connectivity index (χ0) is 12.5. The first-order chi connectivity index (χ1) is 7.99. The Balaban J connectivity index is 2.18. The molecule has 1 N–H and O–H groups in total. The Labute approximate surface area is 102 Å². The highest BCUT2D eigenvalue weighted by molar-refractivity contribution is 5.95. The summed E-state index contributed by atoms with van der Waals surface area (Å²) in [4.78, 5) is 18.4. The number of aromatic nitrogens is 1. The minimum absolute atomic E-state index is 0.00990. The summed E-state index contributed by atoms with van der Waals surface area (Å²) < 4.78 is 0. The molecule has 17 heavy (non-hydrogen) atoms. The third-order valence-electron chi connectivity index (χ3n) is 3.10. The van der Waals surface area contributed by atoms with Crippen LogP contribution >= 0.6 is 0 Å². The van der Waals surface area contributed by atoms with Gasteiger partial charge in [0.2, 0.25) is 0 Å². The van der Waals surface area contributed by atoms with Crippen molar-refractivity contribution in [2.45, 2.75) is 26.3 Å². The largest absolute Gasteiger partial charge is 0.335 e. The fraction of sp³-hybridized carbons (Fsp3) is 0.538. The van der Waals surface area contributed by atoms with Crippen LogP contribution in [0.3, 0.4) is 0 Å². The molecule has 2 heterocycles. The number of hydrogen-bond acceptors (Lipinski definition) is 3. The second-order valence-electron chi connectivity index (χ2n) is 5.17. The predicted molar refractivity (Wildman–Crippen MR) is 67.0 cm³/mol. The molecule has 4 heteroatoms. The maximum Gasteiger partial charge on any atom is 0.255 e. The Morgan fingerprint density at radius 1 is 1.53 bits per heavy atom. The van der Waals surface area contributed by atoms with Crippen LogP contribution < -0.4 is 5.32 Å².